The summed E-state index contributed by atoms with van der Waals surface area (Å²) in [6.07, 6.45) is 2.46. The summed E-state index contributed by atoms with van der Waals surface area (Å²) in [5, 5.41) is 0. The Labute approximate surface area is 60.8 Å². The lowest BCUT2D eigenvalue weighted by molar-refractivity contribution is -0.127. The fourth-order valence-corrected chi connectivity index (χ4v) is 1.30. The molecule has 1 fully saturated rings. The van der Waals surface area contributed by atoms with Gasteiger partial charge in [-0.05, 0) is 18.8 Å². The number of carbonyl (C=O) groups is 1. The van der Waals surface area contributed by atoms with Gasteiger partial charge in [0.05, 0.1) is 0 Å². The van der Waals surface area contributed by atoms with Crippen LogP contribution in [0.5, 0.6) is 0 Å². The normalized spacial score (nSPS) is 32.3. The van der Waals surface area contributed by atoms with Crippen LogP contribution in [-0.2, 0) is 4.79 Å². The number of hydrogen-bond donors (Lipinski definition) is 2. The minimum atomic E-state index is -1.04. The molecule has 0 aromatic heterocycles. The molecule has 4 N–H and O–H groups in total. The van der Waals surface area contributed by atoms with Gasteiger partial charge in [0.1, 0.15) is 5.66 Å². The molecule has 58 valence electrons. The summed E-state index contributed by atoms with van der Waals surface area (Å²) in [6.45, 7) is 1.93. The van der Waals surface area contributed by atoms with Gasteiger partial charge in [-0.3, -0.25) is 4.79 Å². The van der Waals surface area contributed by atoms with E-state index in [1.54, 1.807) is 0 Å². The van der Waals surface area contributed by atoms with Crippen LogP contribution in [0.4, 0.5) is 0 Å². The van der Waals surface area contributed by atoms with E-state index < -0.39 is 5.66 Å². The molecule has 1 unspecified atom stereocenters. The number of Topliss-reactive ketones (excluding diaryl/α,β-unsaturated/α-hetero) is 1. The van der Waals surface area contributed by atoms with Gasteiger partial charge in [-0.15, -0.1) is 0 Å². The van der Waals surface area contributed by atoms with E-state index in [9.17, 15) is 4.79 Å². The largest absolute Gasteiger partial charge is 0.307 e. The summed E-state index contributed by atoms with van der Waals surface area (Å²) in [6, 6.07) is 0. The van der Waals surface area contributed by atoms with Crippen LogP contribution in [0, 0.1) is 5.92 Å². The molecule has 1 aliphatic rings. The molecule has 0 aliphatic heterocycles. The number of carbonyl (C=O) groups excluding carboxylic acids is 1. The third-order valence-electron chi connectivity index (χ3n) is 2.34. The molecule has 0 radical (unpaired) electrons. The smallest absolute Gasteiger partial charge is 0.167 e. The Morgan fingerprint density at radius 3 is 2.60 bits per heavy atom. The molecular weight excluding hydrogens is 128 g/mol. The molecule has 3 heteroatoms. The summed E-state index contributed by atoms with van der Waals surface area (Å²) in [4.78, 5) is 11.1. The Balaban J connectivity index is 2.73. The predicted octanol–water partition coefficient (Wildman–Crippen LogP) is -0.0108. The van der Waals surface area contributed by atoms with Crippen LogP contribution < -0.4 is 11.5 Å². The van der Waals surface area contributed by atoms with E-state index >= 15 is 0 Å². The molecule has 3 nitrogen and oxygen atoms in total. The topological polar surface area (TPSA) is 69.1 Å². The first-order valence-electron chi connectivity index (χ1n) is 3.66. The second kappa shape index (κ2) is 2.32. The third kappa shape index (κ3) is 1.07. The molecule has 1 aliphatic carbocycles. The van der Waals surface area contributed by atoms with E-state index in [1.165, 1.54) is 0 Å². The van der Waals surface area contributed by atoms with Gasteiger partial charge in [-0.2, -0.15) is 0 Å². The first kappa shape index (κ1) is 7.69. The van der Waals surface area contributed by atoms with Crippen molar-refractivity contribution >= 4 is 5.78 Å². The van der Waals surface area contributed by atoms with E-state index in [0.717, 1.165) is 12.8 Å². The van der Waals surface area contributed by atoms with Crippen molar-refractivity contribution in [2.45, 2.75) is 31.8 Å². The molecule has 0 aromatic carbocycles. The molecule has 1 atom stereocenters. The summed E-state index contributed by atoms with van der Waals surface area (Å²) in [7, 11) is 0. The maximum absolute atomic E-state index is 11.1. The highest BCUT2D eigenvalue weighted by Gasteiger charge is 2.37. The number of ketones is 1. The highest BCUT2D eigenvalue weighted by molar-refractivity contribution is 5.88. The van der Waals surface area contributed by atoms with Crippen LogP contribution in [-0.4, -0.2) is 11.4 Å². The predicted molar refractivity (Wildman–Crippen MR) is 39.1 cm³/mol. The number of rotatable bonds is 0. The van der Waals surface area contributed by atoms with Crippen molar-refractivity contribution in [2.24, 2.45) is 17.4 Å². The van der Waals surface area contributed by atoms with E-state index in [-0.39, 0.29) is 11.7 Å². The van der Waals surface area contributed by atoms with Crippen molar-refractivity contribution in [2.75, 3.05) is 0 Å². The van der Waals surface area contributed by atoms with E-state index in [4.69, 9.17) is 11.5 Å². The SMILES string of the molecule is CC1CCCC(=O)C1(N)N. The van der Waals surface area contributed by atoms with Gasteiger partial charge in [-0.25, -0.2) is 0 Å². The van der Waals surface area contributed by atoms with Crippen molar-refractivity contribution < 1.29 is 4.79 Å². The van der Waals surface area contributed by atoms with E-state index in [2.05, 4.69) is 0 Å². The molecule has 1 rings (SSSR count). The highest BCUT2D eigenvalue weighted by Crippen LogP contribution is 2.24. The fraction of sp³-hybridized carbons (Fsp3) is 0.857. The Morgan fingerprint density at radius 1 is 1.60 bits per heavy atom. The fourth-order valence-electron chi connectivity index (χ4n) is 1.30. The highest BCUT2D eigenvalue weighted by atomic mass is 16.1. The Hall–Kier alpha value is -0.410. The monoisotopic (exact) mass is 142 g/mol. The molecule has 0 aromatic rings. The van der Waals surface area contributed by atoms with Gasteiger partial charge in [0.15, 0.2) is 5.78 Å². The van der Waals surface area contributed by atoms with Crippen molar-refractivity contribution in [3.05, 3.63) is 0 Å². The van der Waals surface area contributed by atoms with Crippen LogP contribution in [0.3, 0.4) is 0 Å². The minimum Gasteiger partial charge on any atom is -0.307 e. The van der Waals surface area contributed by atoms with Crippen molar-refractivity contribution in [1.29, 1.82) is 0 Å². The summed E-state index contributed by atoms with van der Waals surface area (Å²) >= 11 is 0. The standard InChI is InChI=1S/C7H14N2O/c1-5-3-2-4-6(10)7(5,8)9/h5H,2-4,8-9H2,1H3. The Morgan fingerprint density at radius 2 is 2.20 bits per heavy atom. The minimum absolute atomic E-state index is 0.00579. The summed E-state index contributed by atoms with van der Waals surface area (Å²) in [5.41, 5.74) is 10.1. The summed E-state index contributed by atoms with van der Waals surface area (Å²) < 4.78 is 0. The van der Waals surface area contributed by atoms with Gasteiger partial charge in [0, 0.05) is 6.42 Å². The van der Waals surface area contributed by atoms with Crippen LogP contribution in [0.15, 0.2) is 0 Å². The lowest BCUT2D eigenvalue weighted by atomic mass is 9.80. The van der Waals surface area contributed by atoms with Crippen LogP contribution in [0.25, 0.3) is 0 Å². The lowest BCUT2D eigenvalue weighted by Gasteiger charge is -2.33. The molecule has 0 saturated heterocycles. The van der Waals surface area contributed by atoms with Crippen LogP contribution in [0.1, 0.15) is 26.2 Å². The van der Waals surface area contributed by atoms with E-state index in [1.807, 2.05) is 6.92 Å². The first-order chi connectivity index (χ1) is 4.55. The number of nitrogens with two attached hydrogens (primary N) is 2. The number of hydrogen-bond acceptors (Lipinski definition) is 3. The van der Waals surface area contributed by atoms with Crippen molar-refractivity contribution in [1.82, 2.24) is 0 Å². The quantitative estimate of drug-likeness (QED) is 0.467. The zero-order chi connectivity index (χ0) is 7.78. The maximum Gasteiger partial charge on any atom is 0.167 e. The summed E-state index contributed by atoms with van der Waals surface area (Å²) in [5.74, 6) is 0.139. The Bertz CT molecular complexity index is 154. The van der Waals surface area contributed by atoms with Gasteiger partial charge >= 0.3 is 0 Å². The van der Waals surface area contributed by atoms with Gasteiger partial charge < -0.3 is 11.5 Å². The third-order valence-corrected chi connectivity index (χ3v) is 2.34. The van der Waals surface area contributed by atoms with Crippen molar-refractivity contribution in [3.63, 3.8) is 0 Å². The lowest BCUT2D eigenvalue weighted by Crippen LogP contribution is -2.62. The van der Waals surface area contributed by atoms with Gasteiger partial charge in [0.2, 0.25) is 0 Å². The van der Waals surface area contributed by atoms with Gasteiger partial charge in [-0.1, -0.05) is 6.92 Å². The van der Waals surface area contributed by atoms with Crippen LogP contribution in [0.2, 0.25) is 0 Å². The molecular formula is C7H14N2O. The molecule has 0 bridgehead atoms. The zero-order valence-corrected chi connectivity index (χ0v) is 6.26. The molecule has 1 saturated carbocycles. The Kier molecular flexibility index (Phi) is 1.79. The molecule has 0 amide bonds. The first-order valence-corrected chi connectivity index (χ1v) is 3.66. The zero-order valence-electron chi connectivity index (χ0n) is 6.26. The maximum atomic E-state index is 11.1. The van der Waals surface area contributed by atoms with Crippen LogP contribution >= 0.6 is 0 Å². The van der Waals surface area contributed by atoms with Gasteiger partial charge in [0.25, 0.3) is 0 Å². The average molecular weight is 142 g/mol. The van der Waals surface area contributed by atoms with E-state index in [0.29, 0.717) is 6.42 Å². The average Bonchev–Trinajstić information content (AvgIpc) is 1.84. The molecule has 0 spiro atoms. The second-order valence-corrected chi connectivity index (χ2v) is 3.15. The molecule has 0 heterocycles. The second-order valence-electron chi connectivity index (χ2n) is 3.15. The molecule has 10 heavy (non-hydrogen) atoms. The van der Waals surface area contributed by atoms with Crippen molar-refractivity contribution in [3.8, 4) is 0 Å².